The van der Waals surface area contributed by atoms with Crippen molar-refractivity contribution in [1.82, 2.24) is 19.2 Å². The van der Waals surface area contributed by atoms with Crippen LogP contribution in [0.1, 0.15) is 44.3 Å². The van der Waals surface area contributed by atoms with Gasteiger partial charge in [0.15, 0.2) is 0 Å². The van der Waals surface area contributed by atoms with Crippen LogP contribution < -0.4 is 10.0 Å². The summed E-state index contributed by atoms with van der Waals surface area (Å²) in [6, 6.07) is 23.7. The van der Waals surface area contributed by atoms with Gasteiger partial charge in [-0.1, -0.05) is 54.6 Å². The summed E-state index contributed by atoms with van der Waals surface area (Å²) in [6.07, 6.45) is -0.824. The molecule has 8 rings (SSSR count). The first-order valence-corrected chi connectivity index (χ1v) is 18.7. The number of para-hydroxylation sites is 3. The van der Waals surface area contributed by atoms with Crippen molar-refractivity contribution in [2.45, 2.75) is 12.7 Å². The van der Waals surface area contributed by atoms with Crippen LogP contribution in [0.15, 0.2) is 101 Å². The van der Waals surface area contributed by atoms with Crippen LogP contribution in [0.25, 0.3) is 21.8 Å². The molecule has 2 aliphatic rings. The van der Waals surface area contributed by atoms with Crippen LogP contribution in [0, 0.1) is 0 Å². The molecule has 4 N–H and O–H groups in total. The zero-order valence-electron chi connectivity index (χ0n) is 28.9. The summed E-state index contributed by atoms with van der Waals surface area (Å²) in [5, 5.41) is 25.8. The number of carbonyl (C=O) groups excluding carboxylic acids is 4. The average molecular weight is 759 g/mol. The molecule has 0 unspecified atom stereocenters. The van der Waals surface area contributed by atoms with E-state index in [1.807, 2.05) is 0 Å². The normalized spacial score (nSPS) is 13.5. The van der Waals surface area contributed by atoms with Crippen molar-refractivity contribution in [3.63, 3.8) is 0 Å². The summed E-state index contributed by atoms with van der Waals surface area (Å²) >= 11 is 0. The predicted octanol–water partition coefficient (Wildman–Crippen LogP) is 5.32. The van der Waals surface area contributed by atoms with Crippen molar-refractivity contribution in [1.29, 1.82) is 0 Å². The molecular formula is C39H30N6O9S. The van der Waals surface area contributed by atoms with Gasteiger partial charge in [-0.3, -0.25) is 9.59 Å². The SMILES string of the molecule is CCOC(=O)n1c(O)c(C2=Nc3cc(CS(=O)(=O)NCCNC(=O)n4c(O)c(C5=Nc6ccccc6C5=O)c5ccccc54)ccc3C2=O)c2ccccc21. The number of fused-ring (bicyclic) bond motifs is 4. The number of nitrogens with zero attached hydrogens (tertiary/aromatic N) is 4. The fourth-order valence-electron chi connectivity index (χ4n) is 6.87. The molecular weight excluding hydrogens is 729 g/mol. The molecule has 0 radical (unpaired) electrons. The predicted molar refractivity (Wildman–Crippen MR) is 203 cm³/mol. The Hall–Kier alpha value is -6.91. The maximum Gasteiger partial charge on any atom is 0.421 e. The van der Waals surface area contributed by atoms with Crippen molar-refractivity contribution in [2.24, 2.45) is 9.98 Å². The molecule has 2 aromatic heterocycles. The zero-order valence-corrected chi connectivity index (χ0v) is 29.8. The highest BCUT2D eigenvalue weighted by atomic mass is 32.2. The van der Waals surface area contributed by atoms with Crippen molar-refractivity contribution >= 4 is 78.3 Å². The van der Waals surface area contributed by atoms with Crippen LogP contribution in [-0.2, 0) is 20.5 Å². The molecule has 0 fully saturated rings. The van der Waals surface area contributed by atoms with Gasteiger partial charge in [0.1, 0.15) is 11.4 Å². The summed E-state index contributed by atoms with van der Waals surface area (Å²) in [5.74, 6) is -2.37. The Labute approximate surface area is 312 Å². The van der Waals surface area contributed by atoms with E-state index in [1.165, 1.54) is 18.2 Å². The molecule has 0 atom stereocenters. The summed E-state index contributed by atoms with van der Waals surface area (Å²) in [6.45, 7) is 1.34. The minimum atomic E-state index is -3.96. The van der Waals surface area contributed by atoms with E-state index in [4.69, 9.17) is 4.74 Å². The first-order valence-electron chi connectivity index (χ1n) is 17.1. The lowest BCUT2D eigenvalue weighted by Gasteiger charge is -2.10. The average Bonchev–Trinajstić information content (AvgIpc) is 3.85. The Kier molecular flexibility index (Phi) is 8.62. The Bertz CT molecular complexity index is 2830. The van der Waals surface area contributed by atoms with E-state index in [1.54, 1.807) is 79.7 Å². The second-order valence-electron chi connectivity index (χ2n) is 12.6. The molecule has 16 heteroatoms. The number of ether oxygens (including phenoxy) is 1. The fourth-order valence-corrected chi connectivity index (χ4v) is 8.01. The summed E-state index contributed by atoms with van der Waals surface area (Å²) in [4.78, 5) is 61.6. The highest BCUT2D eigenvalue weighted by Crippen LogP contribution is 2.39. The molecule has 15 nitrogen and oxygen atoms in total. The van der Waals surface area contributed by atoms with Crippen LogP contribution in [-0.4, -0.2) is 82.6 Å². The number of aliphatic imine (C=N–C) groups is 2. The van der Waals surface area contributed by atoms with Gasteiger partial charge in [-0.15, -0.1) is 0 Å². The minimum absolute atomic E-state index is 0.00629. The number of aromatic hydroxyl groups is 2. The number of sulfonamides is 1. The van der Waals surface area contributed by atoms with Crippen LogP contribution in [0.2, 0.25) is 0 Å². The van der Waals surface area contributed by atoms with Gasteiger partial charge in [0.05, 0.1) is 45.9 Å². The van der Waals surface area contributed by atoms with Crippen LogP contribution in [0.3, 0.4) is 0 Å². The lowest BCUT2D eigenvalue weighted by Crippen LogP contribution is -2.37. The lowest BCUT2D eigenvalue weighted by molar-refractivity contribution is 0.106. The third-order valence-corrected chi connectivity index (χ3v) is 10.6. The van der Waals surface area contributed by atoms with Gasteiger partial charge in [-0.05, 0) is 48.9 Å². The molecule has 0 saturated heterocycles. The van der Waals surface area contributed by atoms with Gasteiger partial charge >= 0.3 is 12.1 Å². The minimum Gasteiger partial charge on any atom is -0.494 e. The maximum atomic E-state index is 13.5. The number of hydrogen-bond acceptors (Lipinski definition) is 11. The molecule has 4 heterocycles. The third-order valence-electron chi connectivity index (χ3n) is 9.26. The monoisotopic (exact) mass is 758 g/mol. The molecule has 0 saturated carbocycles. The number of nitrogens with one attached hydrogen (secondary N) is 2. The number of rotatable bonds is 9. The van der Waals surface area contributed by atoms with Gasteiger partial charge in [0.25, 0.3) is 0 Å². The Morgan fingerprint density at radius 3 is 1.95 bits per heavy atom. The summed E-state index contributed by atoms with van der Waals surface area (Å²) in [5.41, 5.74) is 2.23. The fraction of sp³-hybridized carbons (Fsp3) is 0.128. The topological polar surface area (TPSA) is 211 Å². The van der Waals surface area contributed by atoms with Crippen molar-refractivity contribution < 1.29 is 42.5 Å². The highest BCUT2D eigenvalue weighted by Gasteiger charge is 2.34. The Balaban J connectivity index is 0.957. The first-order chi connectivity index (χ1) is 26.5. The van der Waals surface area contributed by atoms with Crippen LogP contribution >= 0.6 is 0 Å². The third kappa shape index (κ3) is 5.93. The number of aromatic nitrogens is 2. The summed E-state index contributed by atoms with van der Waals surface area (Å²) < 4.78 is 35.7. The maximum absolute atomic E-state index is 13.5. The molecule has 6 aromatic rings. The molecule has 55 heavy (non-hydrogen) atoms. The van der Waals surface area contributed by atoms with Gasteiger partial charge in [0, 0.05) is 35.0 Å². The number of carbonyl (C=O) groups is 4. The molecule has 276 valence electrons. The number of Topliss-reactive ketones (excluding diaryl/α,β-unsaturated/α-hetero) is 2. The lowest BCUT2D eigenvalue weighted by atomic mass is 10.0. The smallest absolute Gasteiger partial charge is 0.421 e. The molecule has 4 aromatic carbocycles. The van der Waals surface area contributed by atoms with E-state index in [9.17, 15) is 37.8 Å². The first kappa shape index (κ1) is 35.1. The standard InChI is InChI=1S/C39H30N6O9S/c1-2-54-39(51)45-29-14-8-5-11-25(29)31(37(45)49)33-35(47)23-16-15-21(19-27(23)43-33)20-55(52,53)41-18-17-40-38(50)44-28-13-7-4-10-24(28)30(36(44)48)32-34(46)22-9-3-6-12-26(22)42-32/h3-16,19,41,48-49H,2,17-18,20H2,1H3,(H,40,50). The van der Waals surface area contributed by atoms with E-state index in [0.29, 0.717) is 38.6 Å². The van der Waals surface area contributed by atoms with Gasteiger partial charge in [-0.25, -0.2) is 41.8 Å². The molecule has 1 amide bonds. The quantitative estimate of drug-likeness (QED) is 0.140. The van der Waals surface area contributed by atoms with Crippen LogP contribution in [0.5, 0.6) is 11.8 Å². The number of amides is 1. The number of benzene rings is 4. The second-order valence-corrected chi connectivity index (χ2v) is 14.4. The van der Waals surface area contributed by atoms with Gasteiger partial charge in [0.2, 0.25) is 33.3 Å². The molecule has 0 bridgehead atoms. The molecule has 0 spiro atoms. The highest BCUT2D eigenvalue weighted by molar-refractivity contribution is 7.88. The van der Waals surface area contributed by atoms with Gasteiger partial charge in [-0.2, -0.15) is 0 Å². The zero-order chi connectivity index (χ0) is 38.6. The van der Waals surface area contributed by atoms with E-state index < -0.39 is 45.4 Å². The van der Waals surface area contributed by atoms with E-state index in [-0.39, 0.29) is 59.3 Å². The van der Waals surface area contributed by atoms with E-state index >= 15 is 0 Å². The summed E-state index contributed by atoms with van der Waals surface area (Å²) in [7, 11) is -3.96. The molecule has 0 aliphatic carbocycles. The Morgan fingerprint density at radius 2 is 1.29 bits per heavy atom. The second kappa shape index (κ2) is 13.5. The van der Waals surface area contributed by atoms with Crippen molar-refractivity contribution in [3.05, 3.63) is 119 Å². The number of hydrogen-bond donors (Lipinski definition) is 4. The Morgan fingerprint density at radius 1 is 0.727 bits per heavy atom. The van der Waals surface area contributed by atoms with E-state index in [2.05, 4.69) is 20.0 Å². The van der Waals surface area contributed by atoms with Crippen molar-refractivity contribution in [2.75, 3.05) is 19.7 Å². The van der Waals surface area contributed by atoms with Crippen LogP contribution in [0.4, 0.5) is 21.0 Å². The van der Waals surface area contributed by atoms with E-state index in [0.717, 1.165) is 9.13 Å². The van der Waals surface area contributed by atoms with Crippen molar-refractivity contribution in [3.8, 4) is 11.8 Å². The number of ketones is 2. The largest absolute Gasteiger partial charge is 0.494 e. The van der Waals surface area contributed by atoms with Gasteiger partial charge < -0.3 is 20.3 Å². The molecule has 2 aliphatic heterocycles.